The molecule has 0 aliphatic carbocycles. The second-order valence-electron chi connectivity index (χ2n) is 1.71. The summed E-state index contributed by atoms with van der Waals surface area (Å²) in [6, 6.07) is 2.88. The van der Waals surface area contributed by atoms with Gasteiger partial charge in [0, 0.05) is 5.33 Å². The summed E-state index contributed by atoms with van der Waals surface area (Å²) < 4.78 is 12.4. The van der Waals surface area contributed by atoms with Gasteiger partial charge in [-0.1, -0.05) is 27.5 Å². The van der Waals surface area contributed by atoms with Gasteiger partial charge in [-0.3, -0.25) is 0 Å². The fraction of sp³-hybridized carbons (Fsp3) is 0.167. The molecule has 0 unspecified atom stereocenters. The molecule has 4 heteroatoms. The standard InChI is InChI=1S/C6H4BrClFN/c7-3-4-1-2-5(9)6(8)10-4/h1-2H,3H2. The Morgan fingerprint density at radius 3 is 2.80 bits per heavy atom. The van der Waals surface area contributed by atoms with Crippen LogP contribution in [-0.2, 0) is 5.33 Å². The Kier molecular flexibility index (Phi) is 2.63. The summed E-state index contributed by atoms with van der Waals surface area (Å²) in [5.74, 6) is -0.480. The van der Waals surface area contributed by atoms with Crippen molar-refractivity contribution >= 4 is 27.5 Å². The highest BCUT2D eigenvalue weighted by molar-refractivity contribution is 9.08. The molecule has 0 amide bonds. The second kappa shape index (κ2) is 3.30. The average Bonchev–Trinajstić information content (AvgIpc) is 1.95. The summed E-state index contributed by atoms with van der Waals surface area (Å²) in [5.41, 5.74) is 0.728. The molecular weight excluding hydrogens is 220 g/mol. The molecule has 0 bridgehead atoms. The van der Waals surface area contributed by atoms with Crippen molar-refractivity contribution in [2.45, 2.75) is 5.33 Å². The highest BCUT2D eigenvalue weighted by Crippen LogP contribution is 2.12. The highest BCUT2D eigenvalue weighted by atomic mass is 79.9. The summed E-state index contributed by atoms with van der Waals surface area (Å²) in [7, 11) is 0. The quantitative estimate of drug-likeness (QED) is 0.528. The van der Waals surface area contributed by atoms with Gasteiger partial charge in [0.25, 0.3) is 0 Å². The van der Waals surface area contributed by atoms with E-state index in [1.165, 1.54) is 6.07 Å². The third-order valence-corrected chi connectivity index (χ3v) is 1.84. The molecule has 1 aromatic rings. The van der Waals surface area contributed by atoms with Gasteiger partial charge >= 0.3 is 0 Å². The summed E-state index contributed by atoms with van der Waals surface area (Å²) in [6.45, 7) is 0. The molecule has 0 aliphatic rings. The molecule has 0 fully saturated rings. The Labute approximate surface area is 71.4 Å². The van der Waals surface area contributed by atoms with Gasteiger partial charge in [0.15, 0.2) is 11.0 Å². The number of rotatable bonds is 1. The molecule has 1 nitrogen and oxygen atoms in total. The van der Waals surface area contributed by atoms with Crippen molar-refractivity contribution in [3.63, 3.8) is 0 Å². The summed E-state index contributed by atoms with van der Waals surface area (Å²) in [6.07, 6.45) is 0. The number of nitrogens with zero attached hydrogens (tertiary/aromatic N) is 1. The van der Waals surface area contributed by atoms with Crippen LogP contribution in [0.25, 0.3) is 0 Å². The maximum absolute atomic E-state index is 12.4. The van der Waals surface area contributed by atoms with Crippen LogP contribution in [0, 0.1) is 5.82 Å². The van der Waals surface area contributed by atoms with Crippen molar-refractivity contribution in [2.24, 2.45) is 0 Å². The van der Waals surface area contributed by atoms with E-state index in [2.05, 4.69) is 20.9 Å². The first-order valence-electron chi connectivity index (χ1n) is 2.61. The Bertz CT molecular complexity index is 241. The van der Waals surface area contributed by atoms with Crippen LogP contribution >= 0.6 is 27.5 Å². The van der Waals surface area contributed by atoms with E-state index in [4.69, 9.17) is 11.6 Å². The summed E-state index contributed by atoms with van der Waals surface area (Å²) in [4.78, 5) is 3.73. The van der Waals surface area contributed by atoms with Crippen molar-refractivity contribution in [2.75, 3.05) is 0 Å². The van der Waals surface area contributed by atoms with Crippen molar-refractivity contribution in [3.8, 4) is 0 Å². The van der Waals surface area contributed by atoms with Crippen LogP contribution in [-0.4, -0.2) is 4.98 Å². The van der Waals surface area contributed by atoms with Crippen molar-refractivity contribution in [3.05, 3.63) is 28.8 Å². The van der Waals surface area contributed by atoms with Crippen LogP contribution in [0.15, 0.2) is 12.1 Å². The third-order valence-electron chi connectivity index (χ3n) is 0.998. The lowest BCUT2D eigenvalue weighted by Crippen LogP contribution is -1.87. The molecule has 1 heterocycles. The smallest absolute Gasteiger partial charge is 0.165 e. The molecule has 0 atom stereocenters. The number of halogens is 3. The molecule has 0 aromatic carbocycles. The number of hydrogen-bond donors (Lipinski definition) is 0. The number of aromatic nitrogens is 1. The minimum Gasteiger partial charge on any atom is -0.237 e. The van der Waals surface area contributed by atoms with Crippen LogP contribution in [0.1, 0.15) is 5.69 Å². The van der Waals surface area contributed by atoms with Crippen LogP contribution in [0.3, 0.4) is 0 Å². The van der Waals surface area contributed by atoms with E-state index in [1.54, 1.807) is 6.07 Å². The Hall–Kier alpha value is -0.150. The molecule has 0 aliphatic heterocycles. The van der Waals surface area contributed by atoms with E-state index >= 15 is 0 Å². The molecule has 54 valence electrons. The SMILES string of the molecule is Fc1ccc(CBr)nc1Cl. The largest absolute Gasteiger partial charge is 0.237 e. The first-order chi connectivity index (χ1) is 4.74. The van der Waals surface area contributed by atoms with E-state index in [0.29, 0.717) is 5.33 Å². The lowest BCUT2D eigenvalue weighted by molar-refractivity contribution is 0.620. The zero-order valence-electron chi connectivity index (χ0n) is 4.94. The van der Waals surface area contributed by atoms with E-state index in [-0.39, 0.29) is 5.15 Å². The normalized spacial score (nSPS) is 9.90. The maximum atomic E-state index is 12.4. The predicted octanol–water partition coefficient (Wildman–Crippen LogP) is 2.77. The van der Waals surface area contributed by atoms with Gasteiger partial charge in [-0.15, -0.1) is 0 Å². The molecule has 1 rings (SSSR count). The minimum atomic E-state index is -0.480. The van der Waals surface area contributed by atoms with Crippen molar-refractivity contribution < 1.29 is 4.39 Å². The Morgan fingerprint density at radius 1 is 1.60 bits per heavy atom. The van der Waals surface area contributed by atoms with E-state index in [1.807, 2.05) is 0 Å². The molecule has 0 N–H and O–H groups in total. The predicted molar refractivity (Wildman–Crippen MR) is 41.8 cm³/mol. The number of alkyl halides is 1. The Balaban J connectivity index is 3.04. The average molecular weight is 224 g/mol. The fourth-order valence-corrected chi connectivity index (χ4v) is 1.01. The zero-order chi connectivity index (χ0) is 7.56. The molecular formula is C6H4BrClFN. The van der Waals surface area contributed by atoms with Gasteiger partial charge in [0.05, 0.1) is 5.69 Å². The van der Waals surface area contributed by atoms with Gasteiger partial charge < -0.3 is 0 Å². The van der Waals surface area contributed by atoms with Crippen LogP contribution in [0.4, 0.5) is 4.39 Å². The first kappa shape index (κ1) is 7.95. The number of pyridine rings is 1. The maximum Gasteiger partial charge on any atom is 0.165 e. The van der Waals surface area contributed by atoms with Crippen molar-refractivity contribution in [1.29, 1.82) is 0 Å². The van der Waals surface area contributed by atoms with Gasteiger partial charge in [-0.25, -0.2) is 9.37 Å². The van der Waals surface area contributed by atoms with E-state index in [9.17, 15) is 4.39 Å². The lowest BCUT2D eigenvalue weighted by atomic mass is 10.4. The molecule has 0 radical (unpaired) electrons. The second-order valence-corrected chi connectivity index (χ2v) is 2.63. The fourth-order valence-electron chi connectivity index (χ4n) is 0.529. The molecule has 0 saturated heterocycles. The highest BCUT2D eigenvalue weighted by Gasteiger charge is 1.99. The summed E-state index contributed by atoms with van der Waals surface area (Å²) >= 11 is 8.56. The van der Waals surface area contributed by atoms with E-state index < -0.39 is 5.82 Å². The topological polar surface area (TPSA) is 12.9 Å². The first-order valence-corrected chi connectivity index (χ1v) is 4.11. The van der Waals surface area contributed by atoms with Gasteiger partial charge in [0.2, 0.25) is 0 Å². The molecule has 10 heavy (non-hydrogen) atoms. The molecule has 1 aromatic heterocycles. The third kappa shape index (κ3) is 1.67. The van der Waals surface area contributed by atoms with Crippen LogP contribution < -0.4 is 0 Å². The van der Waals surface area contributed by atoms with Gasteiger partial charge in [-0.05, 0) is 12.1 Å². The van der Waals surface area contributed by atoms with Gasteiger partial charge in [-0.2, -0.15) is 0 Å². The number of hydrogen-bond acceptors (Lipinski definition) is 1. The molecule has 0 saturated carbocycles. The minimum absolute atomic E-state index is 0.0723. The monoisotopic (exact) mass is 223 g/mol. The van der Waals surface area contributed by atoms with E-state index in [0.717, 1.165) is 5.69 Å². The van der Waals surface area contributed by atoms with Crippen LogP contribution in [0.2, 0.25) is 5.15 Å². The van der Waals surface area contributed by atoms with Crippen LogP contribution in [0.5, 0.6) is 0 Å². The molecule has 0 spiro atoms. The zero-order valence-corrected chi connectivity index (χ0v) is 7.28. The lowest BCUT2D eigenvalue weighted by Gasteiger charge is -1.94. The van der Waals surface area contributed by atoms with Gasteiger partial charge in [0.1, 0.15) is 0 Å². The Morgan fingerprint density at radius 2 is 2.30 bits per heavy atom. The van der Waals surface area contributed by atoms with Crippen molar-refractivity contribution in [1.82, 2.24) is 4.98 Å². The summed E-state index contributed by atoms with van der Waals surface area (Å²) in [5, 5.41) is 0.518.